The molecule has 3 N–H and O–H groups in total. The normalized spacial score (nSPS) is 17.0. The summed E-state index contributed by atoms with van der Waals surface area (Å²) in [5.41, 5.74) is 5.50. The number of nitrogens with one attached hydrogen (secondary N) is 1. The van der Waals surface area contributed by atoms with Crippen LogP contribution in [-0.2, 0) is 4.79 Å². The van der Waals surface area contributed by atoms with Gasteiger partial charge in [-0.1, -0.05) is 13.3 Å². The van der Waals surface area contributed by atoms with Crippen LogP contribution < -0.4 is 11.1 Å². The van der Waals surface area contributed by atoms with Crippen molar-refractivity contribution in [1.82, 2.24) is 10.2 Å². The van der Waals surface area contributed by atoms with Crippen LogP contribution in [0.15, 0.2) is 0 Å². The number of rotatable bonds is 7. The number of amides is 1. The van der Waals surface area contributed by atoms with Gasteiger partial charge in [-0.15, -0.1) is 0 Å². The van der Waals surface area contributed by atoms with Crippen LogP contribution in [0, 0.1) is 0 Å². The molecule has 0 aromatic heterocycles. The number of carbonyl (C=O) groups excluding carboxylic acids is 1. The van der Waals surface area contributed by atoms with Crippen LogP contribution in [0.2, 0.25) is 0 Å². The highest BCUT2D eigenvalue weighted by atomic mass is 16.2. The Morgan fingerprint density at radius 1 is 1.47 bits per heavy atom. The van der Waals surface area contributed by atoms with Gasteiger partial charge in [0.15, 0.2) is 0 Å². The molecule has 1 aliphatic carbocycles. The molecule has 1 fully saturated rings. The van der Waals surface area contributed by atoms with E-state index < -0.39 is 0 Å². The Bertz CT molecular complexity index is 249. The van der Waals surface area contributed by atoms with Gasteiger partial charge in [-0.05, 0) is 33.1 Å². The standard InChI is InChI=1S/C13H27N3O/c1-4-13(2,3)15-12(17)10-16(9-8-14)11-6-5-7-11/h11H,4-10,14H2,1-3H3,(H,15,17). The average molecular weight is 241 g/mol. The molecule has 0 saturated heterocycles. The fourth-order valence-corrected chi connectivity index (χ4v) is 2.00. The molecule has 100 valence electrons. The Balaban J connectivity index is 2.40. The maximum Gasteiger partial charge on any atom is 0.234 e. The second-order valence-electron chi connectivity index (χ2n) is 5.63. The molecule has 0 bridgehead atoms. The van der Waals surface area contributed by atoms with Crippen LogP contribution in [0.1, 0.15) is 46.5 Å². The molecule has 1 aliphatic rings. The molecule has 1 amide bonds. The van der Waals surface area contributed by atoms with Crippen LogP contribution >= 0.6 is 0 Å². The third-order valence-electron chi connectivity index (χ3n) is 3.72. The molecule has 0 aliphatic heterocycles. The summed E-state index contributed by atoms with van der Waals surface area (Å²) in [6.07, 6.45) is 4.65. The molecule has 0 unspecified atom stereocenters. The fraction of sp³-hybridized carbons (Fsp3) is 0.923. The first-order valence-corrected chi connectivity index (χ1v) is 6.73. The van der Waals surface area contributed by atoms with Crippen molar-refractivity contribution in [3.8, 4) is 0 Å². The van der Waals surface area contributed by atoms with Crippen molar-refractivity contribution in [2.24, 2.45) is 5.73 Å². The molecular weight excluding hydrogens is 214 g/mol. The third-order valence-corrected chi connectivity index (χ3v) is 3.72. The van der Waals surface area contributed by atoms with Gasteiger partial charge in [-0.25, -0.2) is 0 Å². The van der Waals surface area contributed by atoms with Crippen molar-refractivity contribution in [3.63, 3.8) is 0 Å². The lowest BCUT2D eigenvalue weighted by Gasteiger charge is -2.37. The van der Waals surface area contributed by atoms with Crippen LogP contribution in [0.25, 0.3) is 0 Å². The zero-order chi connectivity index (χ0) is 12.9. The first-order chi connectivity index (χ1) is 7.98. The predicted molar refractivity (Wildman–Crippen MR) is 70.8 cm³/mol. The van der Waals surface area contributed by atoms with Gasteiger partial charge < -0.3 is 11.1 Å². The molecule has 0 aromatic carbocycles. The van der Waals surface area contributed by atoms with E-state index in [1.165, 1.54) is 19.3 Å². The maximum absolute atomic E-state index is 12.0. The molecule has 0 atom stereocenters. The van der Waals surface area contributed by atoms with Gasteiger partial charge in [-0.2, -0.15) is 0 Å². The Kier molecular flexibility index (Phi) is 5.40. The van der Waals surface area contributed by atoms with Gasteiger partial charge in [-0.3, -0.25) is 9.69 Å². The Hall–Kier alpha value is -0.610. The molecule has 0 heterocycles. The second kappa shape index (κ2) is 6.36. The molecular formula is C13H27N3O. The van der Waals surface area contributed by atoms with Crippen LogP contribution in [0.5, 0.6) is 0 Å². The van der Waals surface area contributed by atoms with Crippen molar-refractivity contribution in [3.05, 3.63) is 0 Å². The fourth-order valence-electron chi connectivity index (χ4n) is 2.00. The molecule has 17 heavy (non-hydrogen) atoms. The van der Waals surface area contributed by atoms with Gasteiger partial charge in [0.1, 0.15) is 0 Å². The highest BCUT2D eigenvalue weighted by Gasteiger charge is 2.27. The van der Waals surface area contributed by atoms with E-state index in [4.69, 9.17) is 5.73 Å². The third kappa shape index (κ3) is 4.64. The predicted octanol–water partition coefficient (Wildman–Crippen LogP) is 1.10. The average Bonchev–Trinajstić information content (AvgIpc) is 2.14. The Labute approximate surface area is 105 Å². The lowest BCUT2D eigenvalue weighted by molar-refractivity contribution is -0.124. The van der Waals surface area contributed by atoms with E-state index in [1.807, 2.05) is 0 Å². The van der Waals surface area contributed by atoms with E-state index in [9.17, 15) is 4.79 Å². The Morgan fingerprint density at radius 3 is 2.53 bits per heavy atom. The quantitative estimate of drug-likeness (QED) is 0.702. The van der Waals surface area contributed by atoms with Crippen molar-refractivity contribution in [2.75, 3.05) is 19.6 Å². The minimum Gasteiger partial charge on any atom is -0.350 e. The molecule has 4 heteroatoms. The van der Waals surface area contributed by atoms with E-state index in [0.29, 0.717) is 19.1 Å². The van der Waals surface area contributed by atoms with Crippen molar-refractivity contribution in [1.29, 1.82) is 0 Å². The summed E-state index contributed by atoms with van der Waals surface area (Å²) >= 11 is 0. The summed E-state index contributed by atoms with van der Waals surface area (Å²) in [6.45, 7) is 8.14. The van der Waals surface area contributed by atoms with Crippen molar-refractivity contribution >= 4 is 5.91 Å². The SMILES string of the molecule is CCC(C)(C)NC(=O)CN(CCN)C1CCC1. The number of hydrogen-bond donors (Lipinski definition) is 2. The highest BCUT2D eigenvalue weighted by Crippen LogP contribution is 2.24. The maximum atomic E-state index is 12.0. The van der Waals surface area contributed by atoms with E-state index in [0.717, 1.165) is 13.0 Å². The van der Waals surface area contributed by atoms with Crippen LogP contribution in [-0.4, -0.2) is 42.0 Å². The minimum atomic E-state index is -0.106. The first kappa shape index (κ1) is 14.5. The largest absolute Gasteiger partial charge is 0.350 e. The lowest BCUT2D eigenvalue weighted by Crippen LogP contribution is -2.51. The number of carbonyl (C=O) groups is 1. The lowest BCUT2D eigenvalue weighted by atomic mass is 9.91. The van der Waals surface area contributed by atoms with E-state index in [1.54, 1.807) is 0 Å². The molecule has 1 saturated carbocycles. The first-order valence-electron chi connectivity index (χ1n) is 6.73. The Morgan fingerprint density at radius 2 is 2.12 bits per heavy atom. The van der Waals surface area contributed by atoms with Crippen LogP contribution in [0.4, 0.5) is 0 Å². The molecule has 0 radical (unpaired) electrons. The number of hydrogen-bond acceptors (Lipinski definition) is 3. The van der Waals surface area contributed by atoms with Crippen molar-refractivity contribution in [2.45, 2.75) is 58.0 Å². The van der Waals surface area contributed by atoms with Crippen molar-refractivity contribution < 1.29 is 4.79 Å². The topological polar surface area (TPSA) is 58.4 Å². The summed E-state index contributed by atoms with van der Waals surface area (Å²) in [6, 6.07) is 0.578. The highest BCUT2D eigenvalue weighted by molar-refractivity contribution is 5.78. The second-order valence-corrected chi connectivity index (χ2v) is 5.63. The van der Waals surface area contributed by atoms with E-state index in [2.05, 4.69) is 31.0 Å². The van der Waals surface area contributed by atoms with Gasteiger partial charge in [0.05, 0.1) is 6.54 Å². The molecule has 4 nitrogen and oxygen atoms in total. The molecule has 0 spiro atoms. The minimum absolute atomic E-state index is 0.106. The molecule has 1 rings (SSSR count). The zero-order valence-electron chi connectivity index (χ0n) is 11.5. The summed E-state index contributed by atoms with van der Waals surface area (Å²) < 4.78 is 0. The van der Waals surface area contributed by atoms with Gasteiger partial charge in [0.2, 0.25) is 5.91 Å². The summed E-state index contributed by atoms with van der Waals surface area (Å²) in [7, 11) is 0. The van der Waals surface area contributed by atoms with Crippen LogP contribution in [0.3, 0.4) is 0 Å². The van der Waals surface area contributed by atoms with Gasteiger partial charge >= 0.3 is 0 Å². The number of nitrogens with zero attached hydrogens (tertiary/aromatic N) is 1. The van der Waals surface area contributed by atoms with E-state index >= 15 is 0 Å². The van der Waals surface area contributed by atoms with E-state index in [-0.39, 0.29) is 11.4 Å². The summed E-state index contributed by atoms with van der Waals surface area (Å²) in [5, 5.41) is 3.08. The van der Waals surface area contributed by atoms with Gasteiger partial charge in [0.25, 0.3) is 0 Å². The monoisotopic (exact) mass is 241 g/mol. The van der Waals surface area contributed by atoms with Gasteiger partial charge in [0, 0.05) is 24.7 Å². The summed E-state index contributed by atoms with van der Waals surface area (Å²) in [4.78, 5) is 14.2. The zero-order valence-corrected chi connectivity index (χ0v) is 11.5. The smallest absolute Gasteiger partial charge is 0.234 e. The molecule has 0 aromatic rings. The summed E-state index contributed by atoms with van der Waals surface area (Å²) in [5.74, 6) is 0.122. The number of nitrogens with two attached hydrogens (primary N) is 1.